The third kappa shape index (κ3) is 8.76. The quantitative estimate of drug-likeness (QED) is 0.135. The molecule has 0 aliphatic heterocycles. The molecular formula is C32H33ClFN3O7. The molecule has 4 rings (SSSR count). The number of carbonyl (C=O) groups excluding carboxylic acids is 4. The van der Waals surface area contributed by atoms with E-state index in [1.54, 1.807) is 32.9 Å². The van der Waals surface area contributed by atoms with E-state index in [2.05, 4.69) is 20.4 Å². The summed E-state index contributed by atoms with van der Waals surface area (Å²) in [4.78, 5) is 54.1. The van der Waals surface area contributed by atoms with Gasteiger partial charge in [0.25, 0.3) is 0 Å². The maximum Gasteiger partial charge on any atom is 0.412 e. The van der Waals surface area contributed by atoms with Crippen molar-refractivity contribution in [2.75, 3.05) is 24.4 Å². The zero-order valence-electron chi connectivity index (χ0n) is 24.7. The van der Waals surface area contributed by atoms with Crippen LogP contribution in [0.15, 0.2) is 54.7 Å². The summed E-state index contributed by atoms with van der Waals surface area (Å²) in [6.07, 6.45) is 2.43. The van der Waals surface area contributed by atoms with Crippen molar-refractivity contribution in [3.05, 3.63) is 76.8 Å². The summed E-state index contributed by atoms with van der Waals surface area (Å²) in [6.45, 7) is 4.65. The van der Waals surface area contributed by atoms with Gasteiger partial charge in [-0.15, -0.1) is 0 Å². The summed E-state index contributed by atoms with van der Waals surface area (Å²) < 4.78 is 30.5. The molecule has 0 spiro atoms. The minimum atomic E-state index is -0.763. The van der Waals surface area contributed by atoms with E-state index < -0.39 is 47.9 Å². The lowest BCUT2D eigenvalue weighted by molar-refractivity contribution is -0.144. The summed E-state index contributed by atoms with van der Waals surface area (Å²) in [7, 11) is 1.24. The number of carbonyl (C=O) groups is 4. The molecule has 44 heavy (non-hydrogen) atoms. The summed E-state index contributed by atoms with van der Waals surface area (Å²) in [5.41, 5.74) is 0.851. The first kappa shape index (κ1) is 32.4. The number of rotatable bonds is 10. The van der Waals surface area contributed by atoms with Gasteiger partial charge in [-0.05, 0) is 75.6 Å². The maximum atomic E-state index is 15.2. The number of nitrogens with one attached hydrogen (secondary N) is 2. The van der Waals surface area contributed by atoms with Crippen LogP contribution in [0.1, 0.15) is 62.0 Å². The Morgan fingerprint density at radius 3 is 2.30 bits per heavy atom. The number of pyridine rings is 1. The number of Topliss-reactive ketones (excluding diaryl/α,β-unsaturated/α-hetero) is 1. The highest BCUT2D eigenvalue weighted by Gasteiger charge is 2.33. The van der Waals surface area contributed by atoms with Gasteiger partial charge >= 0.3 is 18.2 Å². The van der Waals surface area contributed by atoms with E-state index in [9.17, 15) is 19.2 Å². The third-order valence-electron chi connectivity index (χ3n) is 6.70. The first-order chi connectivity index (χ1) is 20.8. The minimum Gasteiger partial charge on any atom is -0.457 e. The molecule has 3 aromatic rings. The molecule has 2 N–H and O–H groups in total. The number of hydrogen-bond acceptors (Lipinski definition) is 8. The Morgan fingerprint density at radius 1 is 1.00 bits per heavy atom. The van der Waals surface area contributed by atoms with E-state index in [-0.39, 0.29) is 16.3 Å². The number of nitrogens with zero attached hydrogens (tertiary/aromatic N) is 1. The van der Waals surface area contributed by atoms with E-state index in [0.29, 0.717) is 34.8 Å². The number of ether oxygens (including phenoxy) is 3. The van der Waals surface area contributed by atoms with Crippen LogP contribution in [0, 0.1) is 11.7 Å². The van der Waals surface area contributed by atoms with Crippen LogP contribution in [0.25, 0.3) is 11.1 Å². The van der Waals surface area contributed by atoms with Crippen molar-refractivity contribution in [3.63, 3.8) is 0 Å². The molecule has 12 heteroatoms. The Balaban J connectivity index is 1.48. The van der Waals surface area contributed by atoms with Crippen LogP contribution in [0.3, 0.4) is 0 Å². The fraction of sp³-hybridized carbons (Fsp3) is 0.344. The zero-order valence-corrected chi connectivity index (χ0v) is 25.5. The largest absolute Gasteiger partial charge is 0.457 e. The summed E-state index contributed by atoms with van der Waals surface area (Å²) >= 11 is 6.05. The Hall–Kier alpha value is -4.51. The highest BCUT2D eigenvalue weighted by Crippen LogP contribution is 2.40. The van der Waals surface area contributed by atoms with Gasteiger partial charge < -0.3 is 14.2 Å². The number of aromatic nitrogens is 1. The molecule has 1 heterocycles. The third-order valence-corrected chi connectivity index (χ3v) is 6.99. The predicted octanol–water partition coefficient (Wildman–Crippen LogP) is 7.38. The summed E-state index contributed by atoms with van der Waals surface area (Å²) in [5, 5.41) is 4.90. The van der Waals surface area contributed by atoms with E-state index in [1.807, 2.05) is 0 Å². The number of anilines is 2. The monoisotopic (exact) mass is 625 g/mol. The molecule has 1 aliphatic carbocycles. The van der Waals surface area contributed by atoms with Gasteiger partial charge in [0.2, 0.25) is 0 Å². The van der Waals surface area contributed by atoms with Gasteiger partial charge in [-0.2, -0.15) is 0 Å². The fourth-order valence-corrected chi connectivity index (χ4v) is 4.52. The van der Waals surface area contributed by atoms with Crippen LogP contribution in [-0.2, 0) is 19.0 Å². The normalized spacial score (nSPS) is 13.4. The van der Waals surface area contributed by atoms with Crippen molar-refractivity contribution in [2.45, 2.75) is 51.6 Å². The molecule has 1 aliphatic rings. The number of benzene rings is 2. The van der Waals surface area contributed by atoms with E-state index in [1.165, 1.54) is 49.7 Å². The Kier molecular flexibility index (Phi) is 10.2. The number of hydrogen-bond donors (Lipinski definition) is 2. The van der Waals surface area contributed by atoms with Gasteiger partial charge in [-0.3, -0.25) is 25.2 Å². The maximum absolute atomic E-state index is 15.2. The van der Waals surface area contributed by atoms with Crippen LogP contribution in [0.4, 0.5) is 25.4 Å². The average Bonchev–Trinajstić information content (AvgIpc) is 3.80. The van der Waals surface area contributed by atoms with E-state index >= 15 is 4.39 Å². The molecule has 10 nitrogen and oxygen atoms in total. The smallest absolute Gasteiger partial charge is 0.412 e. The van der Waals surface area contributed by atoms with Crippen LogP contribution < -0.4 is 10.6 Å². The molecule has 0 bridgehead atoms. The Bertz CT molecular complexity index is 1540. The van der Waals surface area contributed by atoms with Crippen LogP contribution in [0.5, 0.6) is 0 Å². The van der Waals surface area contributed by atoms with Crippen LogP contribution in [0.2, 0.25) is 5.02 Å². The number of ketones is 1. The lowest BCUT2D eigenvalue weighted by Gasteiger charge is -2.21. The van der Waals surface area contributed by atoms with Crippen molar-refractivity contribution in [1.82, 2.24) is 4.98 Å². The predicted molar refractivity (Wildman–Crippen MR) is 162 cm³/mol. The van der Waals surface area contributed by atoms with Crippen molar-refractivity contribution in [2.24, 2.45) is 5.92 Å². The minimum absolute atomic E-state index is 0.0159. The van der Waals surface area contributed by atoms with Gasteiger partial charge in [0, 0.05) is 28.6 Å². The van der Waals surface area contributed by atoms with Crippen molar-refractivity contribution in [3.8, 4) is 11.1 Å². The Morgan fingerprint density at radius 2 is 1.70 bits per heavy atom. The standard InChI is InChI=1S/C32H33ClFN3O7/c1-32(2,3)44-31(41)37-25-14-12-23(33)28(34)27(25)20-9-13-24(35-16-20)22(15-18-5-6-18)29(39)43-17-26(38)19-7-10-21(11-8-19)36-30(40)42-4/h7-14,16,18,22H,5-6,15,17H2,1-4H3,(H,36,40)(H,37,41). The molecule has 2 amide bonds. The first-order valence-electron chi connectivity index (χ1n) is 13.9. The molecule has 1 aromatic heterocycles. The fourth-order valence-electron chi connectivity index (χ4n) is 4.36. The highest BCUT2D eigenvalue weighted by atomic mass is 35.5. The van der Waals surface area contributed by atoms with Crippen molar-refractivity contribution in [1.29, 1.82) is 0 Å². The lowest BCUT2D eigenvalue weighted by atomic mass is 9.96. The van der Waals surface area contributed by atoms with Crippen molar-refractivity contribution >= 4 is 46.9 Å². The average molecular weight is 626 g/mol. The topological polar surface area (TPSA) is 133 Å². The number of methoxy groups -OCH3 is 1. The molecule has 1 saturated carbocycles. The number of amides is 2. The second kappa shape index (κ2) is 13.9. The number of esters is 1. The highest BCUT2D eigenvalue weighted by molar-refractivity contribution is 6.31. The SMILES string of the molecule is COC(=O)Nc1ccc(C(=O)COC(=O)C(CC2CC2)c2ccc(-c3c(NC(=O)OC(C)(C)C)ccc(Cl)c3F)cn2)cc1. The van der Waals surface area contributed by atoms with Gasteiger partial charge in [0.1, 0.15) is 5.60 Å². The van der Waals surface area contributed by atoms with Gasteiger partial charge in [0.15, 0.2) is 18.2 Å². The Labute approximate surface area is 259 Å². The van der Waals surface area contributed by atoms with Gasteiger partial charge in [0.05, 0.1) is 29.4 Å². The molecular weight excluding hydrogens is 593 g/mol. The summed E-state index contributed by atoms with van der Waals surface area (Å²) in [5.74, 6) is -2.18. The van der Waals surface area contributed by atoms with Gasteiger partial charge in [-0.25, -0.2) is 14.0 Å². The molecule has 1 atom stereocenters. The number of halogens is 2. The van der Waals surface area contributed by atoms with E-state index in [0.717, 1.165) is 12.8 Å². The molecule has 0 radical (unpaired) electrons. The lowest BCUT2D eigenvalue weighted by Crippen LogP contribution is -2.27. The molecule has 2 aromatic carbocycles. The van der Waals surface area contributed by atoms with Crippen molar-refractivity contribution < 1.29 is 37.8 Å². The molecule has 1 fully saturated rings. The van der Waals surface area contributed by atoms with Gasteiger partial charge in [-0.1, -0.05) is 30.5 Å². The van der Waals surface area contributed by atoms with Crippen LogP contribution in [-0.4, -0.2) is 48.2 Å². The second-order valence-corrected chi connectivity index (χ2v) is 11.7. The second-order valence-electron chi connectivity index (χ2n) is 11.3. The van der Waals surface area contributed by atoms with Crippen LogP contribution >= 0.6 is 11.6 Å². The zero-order chi connectivity index (χ0) is 32.0. The summed E-state index contributed by atoms with van der Waals surface area (Å²) in [6, 6.07) is 12.0. The first-order valence-corrected chi connectivity index (χ1v) is 14.3. The van der Waals surface area contributed by atoms with E-state index in [4.69, 9.17) is 21.1 Å². The molecule has 232 valence electrons. The molecule has 1 unspecified atom stereocenters. The molecule has 0 saturated heterocycles.